The molecule has 4 aromatic rings. The van der Waals surface area contributed by atoms with Gasteiger partial charge >= 0.3 is 0 Å². The number of phenols is 1. The first-order valence-corrected chi connectivity index (χ1v) is 11.1. The predicted octanol–water partition coefficient (Wildman–Crippen LogP) is 4.65. The van der Waals surface area contributed by atoms with Crippen molar-refractivity contribution in [2.75, 3.05) is 6.61 Å². The number of ether oxygens (including phenoxy) is 1. The van der Waals surface area contributed by atoms with E-state index in [1.54, 1.807) is 41.6 Å². The van der Waals surface area contributed by atoms with Crippen LogP contribution in [0.1, 0.15) is 51.3 Å². The summed E-state index contributed by atoms with van der Waals surface area (Å²) in [5.74, 6) is -0.0388. The molecular formula is C27H24N2O5. The summed E-state index contributed by atoms with van der Waals surface area (Å²) in [5.41, 5.74) is 3.68. The molecule has 0 saturated carbocycles. The Balaban J connectivity index is 1.76. The maximum atomic E-state index is 13.8. The molecule has 0 spiro atoms. The maximum absolute atomic E-state index is 13.8. The highest BCUT2D eigenvalue weighted by Gasteiger charge is 2.43. The average molecular weight is 456 g/mol. The summed E-state index contributed by atoms with van der Waals surface area (Å²) in [6, 6.07) is 11.6. The summed E-state index contributed by atoms with van der Waals surface area (Å²) in [6.45, 7) is 6.21. The third-order valence-electron chi connectivity index (χ3n) is 6.07. The van der Waals surface area contributed by atoms with E-state index in [0.717, 1.165) is 16.7 Å². The summed E-state index contributed by atoms with van der Waals surface area (Å²) in [7, 11) is 0. The second-order valence-electron chi connectivity index (χ2n) is 8.49. The Labute approximate surface area is 196 Å². The summed E-state index contributed by atoms with van der Waals surface area (Å²) in [6.07, 6.45) is 3.35. The molecule has 2 aromatic heterocycles. The van der Waals surface area contributed by atoms with Gasteiger partial charge in [-0.25, -0.2) is 0 Å². The van der Waals surface area contributed by atoms with Crippen LogP contribution in [0, 0.1) is 13.8 Å². The number of nitrogens with zero attached hydrogens (tertiary/aromatic N) is 2. The van der Waals surface area contributed by atoms with Crippen molar-refractivity contribution >= 4 is 16.9 Å². The van der Waals surface area contributed by atoms with Crippen molar-refractivity contribution in [3.05, 3.63) is 98.7 Å². The molecule has 7 nitrogen and oxygen atoms in total. The molecule has 34 heavy (non-hydrogen) atoms. The second kappa shape index (κ2) is 8.33. The molecule has 0 saturated heterocycles. The number of hydrogen-bond acceptors (Lipinski definition) is 6. The molecule has 1 aliphatic rings. The van der Waals surface area contributed by atoms with Gasteiger partial charge in [-0.1, -0.05) is 18.2 Å². The molecule has 0 bridgehead atoms. The van der Waals surface area contributed by atoms with Gasteiger partial charge in [0.1, 0.15) is 5.58 Å². The number of rotatable bonds is 5. The molecule has 7 heteroatoms. The number of fused-ring (bicyclic) bond motifs is 2. The molecule has 1 aliphatic heterocycles. The first-order valence-electron chi connectivity index (χ1n) is 11.1. The lowest BCUT2D eigenvalue weighted by Gasteiger charge is -2.25. The van der Waals surface area contributed by atoms with Gasteiger partial charge in [-0.15, -0.1) is 0 Å². The average Bonchev–Trinajstić information content (AvgIpc) is 3.09. The molecule has 0 fully saturated rings. The minimum atomic E-state index is -0.705. The van der Waals surface area contributed by atoms with E-state index in [1.165, 1.54) is 6.07 Å². The Kier molecular flexibility index (Phi) is 5.32. The normalized spacial score (nSPS) is 15.1. The summed E-state index contributed by atoms with van der Waals surface area (Å²) in [4.78, 5) is 33.2. The third-order valence-corrected chi connectivity index (χ3v) is 6.07. The van der Waals surface area contributed by atoms with E-state index in [-0.39, 0.29) is 29.4 Å². The number of carbonyl (C=O) groups is 1. The zero-order chi connectivity index (χ0) is 24.0. The minimum absolute atomic E-state index is 0.00856. The van der Waals surface area contributed by atoms with Crippen LogP contribution >= 0.6 is 0 Å². The van der Waals surface area contributed by atoms with Crippen LogP contribution in [0.25, 0.3) is 11.0 Å². The SMILES string of the molecule is CCOc1cc([C@@H]2c3c(oc4c(C)cc(C)cc4c3=O)C(=O)N2Cc2cccnc2)ccc1O. The fourth-order valence-electron chi connectivity index (χ4n) is 4.64. The number of amides is 1. The van der Waals surface area contributed by atoms with Gasteiger partial charge in [0.05, 0.1) is 23.6 Å². The summed E-state index contributed by atoms with van der Waals surface area (Å²) >= 11 is 0. The van der Waals surface area contributed by atoms with E-state index in [0.29, 0.717) is 34.5 Å². The summed E-state index contributed by atoms with van der Waals surface area (Å²) in [5, 5.41) is 10.7. The fraction of sp³-hybridized carbons (Fsp3) is 0.222. The molecular weight excluding hydrogens is 432 g/mol. The number of aromatic hydroxyl groups is 1. The predicted molar refractivity (Wildman–Crippen MR) is 127 cm³/mol. The van der Waals surface area contributed by atoms with E-state index in [2.05, 4.69) is 4.98 Å². The molecule has 172 valence electrons. The zero-order valence-electron chi connectivity index (χ0n) is 19.2. The van der Waals surface area contributed by atoms with Gasteiger partial charge in [-0.05, 0) is 67.3 Å². The highest BCUT2D eigenvalue weighted by Crippen LogP contribution is 2.41. The molecule has 2 aromatic carbocycles. The van der Waals surface area contributed by atoms with Crippen LogP contribution in [0.3, 0.4) is 0 Å². The van der Waals surface area contributed by atoms with Gasteiger partial charge in [-0.3, -0.25) is 14.6 Å². The van der Waals surface area contributed by atoms with Crippen molar-refractivity contribution < 1.29 is 19.1 Å². The van der Waals surface area contributed by atoms with Crippen molar-refractivity contribution in [3.8, 4) is 11.5 Å². The summed E-state index contributed by atoms with van der Waals surface area (Å²) < 4.78 is 11.7. The van der Waals surface area contributed by atoms with Gasteiger partial charge < -0.3 is 19.2 Å². The van der Waals surface area contributed by atoms with Gasteiger partial charge in [-0.2, -0.15) is 0 Å². The van der Waals surface area contributed by atoms with Crippen molar-refractivity contribution in [2.45, 2.75) is 33.4 Å². The smallest absolute Gasteiger partial charge is 0.291 e. The highest BCUT2D eigenvalue weighted by atomic mass is 16.5. The first-order chi connectivity index (χ1) is 16.4. The molecule has 5 rings (SSSR count). The van der Waals surface area contributed by atoms with Crippen LogP contribution in [-0.4, -0.2) is 27.5 Å². The zero-order valence-corrected chi connectivity index (χ0v) is 19.2. The van der Waals surface area contributed by atoms with Crippen LogP contribution in [-0.2, 0) is 6.54 Å². The lowest BCUT2D eigenvalue weighted by molar-refractivity contribution is 0.0714. The van der Waals surface area contributed by atoms with Crippen molar-refractivity contribution in [3.63, 3.8) is 0 Å². The highest BCUT2D eigenvalue weighted by molar-refractivity contribution is 5.99. The van der Waals surface area contributed by atoms with Gasteiger partial charge in [0, 0.05) is 18.9 Å². The third kappa shape index (κ3) is 3.50. The molecule has 0 aliphatic carbocycles. The van der Waals surface area contributed by atoms with Crippen molar-refractivity contribution in [1.29, 1.82) is 0 Å². The number of aryl methyl sites for hydroxylation is 2. The number of benzene rings is 2. The van der Waals surface area contributed by atoms with E-state index in [1.807, 2.05) is 32.9 Å². The Hall–Kier alpha value is -4.13. The Bertz CT molecular complexity index is 1480. The van der Waals surface area contributed by atoms with E-state index in [4.69, 9.17) is 9.15 Å². The molecule has 0 radical (unpaired) electrons. The van der Waals surface area contributed by atoms with Gasteiger partial charge in [0.2, 0.25) is 5.76 Å². The lowest BCUT2D eigenvalue weighted by Crippen LogP contribution is -2.29. The topological polar surface area (TPSA) is 92.9 Å². The molecule has 1 amide bonds. The van der Waals surface area contributed by atoms with E-state index in [9.17, 15) is 14.7 Å². The molecule has 0 unspecified atom stereocenters. The first kappa shape index (κ1) is 21.7. The lowest BCUT2D eigenvalue weighted by atomic mass is 9.97. The Morgan fingerprint density at radius 1 is 1.15 bits per heavy atom. The number of carbonyl (C=O) groups excluding carboxylic acids is 1. The standard InChI is InChI=1S/C27H24N2O5/c1-4-33-21-12-18(7-8-20(21)30)23-22-24(31)19-11-15(2)10-16(3)25(19)34-26(22)27(32)29(23)14-17-6-5-9-28-13-17/h5-13,23,30H,4,14H2,1-3H3/t23-/m1/s1. The second-order valence-corrected chi connectivity index (χ2v) is 8.49. The van der Waals surface area contributed by atoms with Crippen molar-refractivity contribution in [2.24, 2.45) is 0 Å². The Morgan fingerprint density at radius 3 is 2.71 bits per heavy atom. The largest absolute Gasteiger partial charge is 0.504 e. The number of phenolic OH excluding ortho intramolecular Hbond substituents is 1. The molecule has 1 atom stereocenters. The van der Waals surface area contributed by atoms with Crippen LogP contribution in [0.15, 0.2) is 64.1 Å². The monoisotopic (exact) mass is 456 g/mol. The van der Waals surface area contributed by atoms with Crippen LogP contribution in [0.4, 0.5) is 0 Å². The number of aromatic nitrogens is 1. The van der Waals surface area contributed by atoms with Crippen LogP contribution in [0.2, 0.25) is 0 Å². The van der Waals surface area contributed by atoms with Crippen LogP contribution < -0.4 is 10.2 Å². The van der Waals surface area contributed by atoms with Gasteiger partial charge in [0.25, 0.3) is 5.91 Å². The van der Waals surface area contributed by atoms with Crippen molar-refractivity contribution in [1.82, 2.24) is 9.88 Å². The van der Waals surface area contributed by atoms with E-state index >= 15 is 0 Å². The molecule has 1 N–H and O–H groups in total. The maximum Gasteiger partial charge on any atom is 0.291 e. The van der Waals surface area contributed by atoms with E-state index < -0.39 is 6.04 Å². The van der Waals surface area contributed by atoms with Crippen LogP contribution in [0.5, 0.6) is 11.5 Å². The number of hydrogen-bond donors (Lipinski definition) is 1. The fourth-order valence-corrected chi connectivity index (χ4v) is 4.64. The Morgan fingerprint density at radius 2 is 1.97 bits per heavy atom. The molecule has 3 heterocycles. The van der Waals surface area contributed by atoms with Gasteiger partial charge in [0.15, 0.2) is 16.9 Å². The quantitative estimate of drug-likeness (QED) is 0.470. The number of pyridine rings is 1. The minimum Gasteiger partial charge on any atom is -0.504 e.